The van der Waals surface area contributed by atoms with Gasteiger partial charge in [0.05, 0.1) is 0 Å². The highest BCUT2D eigenvalue weighted by Crippen LogP contribution is 2.39. The number of benzene rings is 1. The van der Waals surface area contributed by atoms with Crippen molar-refractivity contribution in [3.8, 4) is 0 Å². The smallest absolute Gasteiger partial charge is 0.124 e. The van der Waals surface area contributed by atoms with Gasteiger partial charge in [-0.15, -0.1) is 0 Å². The number of rotatable bonds is 2. The van der Waals surface area contributed by atoms with E-state index in [1.807, 2.05) is 0 Å². The van der Waals surface area contributed by atoms with Gasteiger partial charge in [-0.1, -0.05) is 36.1 Å². The summed E-state index contributed by atoms with van der Waals surface area (Å²) in [6.45, 7) is 2.85. The summed E-state index contributed by atoms with van der Waals surface area (Å²) in [6, 6.07) is 8.68. The SMILES string of the molecule is Cc1ccc(C2(CN)[B]C2)cc1. The molecule has 0 bridgehead atoms. The van der Waals surface area contributed by atoms with E-state index in [1.54, 1.807) is 0 Å². The summed E-state index contributed by atoms with van der Waals surface area (Å²) in [5.74, 6) is 0. The van der Waals surface area contributed by atoms with Crippen molar-refractivity contribution >= 4 is 7.28 Å². The molecule has 0 saturated carbocycles. The molecule has 0 amide bonds. The molecule has 1 atom stereocenters. The second-order valence-corrected chi connectivity index (χ2v) is 3.63. The fraction of sp³-hybridized carbons (Fsp3) is 0.400. The Morgan fingerprint density at radius 2 is 2.00 bits per heavy atom. The maximum Gasteiger partial charge on any atom is 0.124 e. The second kappa shape index (κ2) is 2.63. The molecule has 1 aliphatic heterocycles. The lowest BCUT2D eigenvalue weighted by Crippen LogP contribution is -2.21. The molecular weight excluding hydrogens is 145 g/mol. The highest BCUT2D eigenvalue weighted by Gasteiger charge is 2.43. The molecule has 61 valence electrons. The lowest BCUT2D eigenvalue weighted by atomic mass is 9.81. The third-order valence-corrected chi connectivity index (χ3v) is 2.69. The van der Waals surface area contributed by atoms with Crippen LogP contribution in [0.4, 0.5) is 0 Å². The summed E-state index contributed by atoms with van der Waals surface area (Å²) >= 11 is 0. The Morgan fingerprint density at radius 1 is 1.42 bits per heavy atom. The zero-order valence-corrected chi connectivity index (χ0v) is 7.38. The molecule has 1 fully saturated rings. The zero-order chi connectivity index (χ0) is 8.60. The van der Waals surface area contributed by atoms with Crippen molar-refractivity contribution in [2.75, 3.05) is 6.54 Å². The summed E-state index contributed by atoms with van der Waals surface area (Å²) in [5, 5.41) is 0.230. The minimum absolute atomic E-state index is 0.230. The molecule has 1 nitrogen and oxygen atoms in total. The van der Waals surface area contributed by atoms with Gasteiger partial charge in [0.25, 0.3) is 0 Å². The molecule has 1 aliphatic rings. The first-order chi connectivity index (χ1) is 5.77. The van der Waals surface area contributed by atoms with Crippen LogP contribution in [0.15, 0.2) is 24.3 Å². The summed E-state index contributed by atoms with van der Waals surface area (Å²) in [5.41, 5.74) is 8.39. The average Bonchev–Trinajstić information content (AvgIpc) is 2.86. The molecule has 1 aromatic carbocycles. The fourth-order valence-corrected chi connectivity index (χ4v) is 1.53. The molecule has 2 rings (SSSR count). The van der Waals surface area contributed by atoms with Crippen LogP contribution in [0.3, 0.4) is 0 Å². The Bertz CT molecular complexity index is 274. The van der Waals surface area contributed by atoms with Gasteiger partial charge in [0.15, 0.2) is 0 Å². The average molecular weight is 158 g/mol. The number of hydrogen-bond acceptors (Lipinski definition) is 1. The number of aryl methyl sites for hydroxylation is 1. The van der Waals surface area contributed by atoms with E-state index >= 15 is 0 Å². The van der Waals surface area contributed by atoms with Gasteiger partial charge >= 0.3 is 0 Å². The molecule has 0 spiro atoms. The molecule has 1 unspecified atom stereocenters. The Morgan fingerprint density at radius 3 is 2.42 bits per heavy atom. The first kappa shape index (κ1) is 7.87. The lowest BCUT2D eigenvalue weighted by molar-refractivity contribution is 0.774. The molecule has 2 heteroatoms. The molecule has 2 N–H and O–H groups in total. The molecular formula is C10H13BN. The lowest BCUT2D eigenvalue weighted by Gasteiger charge is -2.13. The predicted molar refractivity (Wildman–Crippen MR) is 52.5 cm³/mol. The van der Waals surface area contributed by atoms with Crippen LogP contribution in [-0.4, -0.2) is 13.8 Å². The van der Waals surface area contributed by atoms with E-state index in [1.165, 1.54) is 11.1 Å². The van der Waals surface area contributed by atoms with Crippen LogP contribution in [0.2, 0.25) is 6.32 Å². The first-order valence-corrected chi connectivity index (χ1v) is 4.38. The summed E-state index contributed by atoms with van der Waals surface area (Å²) in [7, 11) is 2.29. The number of nitrogens with two attached hydrogens (primary N) is 1. The van der Waals surface area contributed by atoms with Crippen LogP contribution in [-0.2, 0) is 5.31 Å². The van der Waals surface area contributed by atoms with Crippen LogP contribution in [0.5, 0.6) is 0 Å². The third-order valence-electron chi connectivity index (χ3n) is 2.69. The normalized spacial score (nSPS) is 26.5. The van der Waals surface area contributed by atoms with Gasteiger partial charge in [-0.25, -0.2) is 0 Å². The van der Waals surface area contributed by atoms with Crippen molar-refractivity contribution in [2.24, 2.45) is 5.73 Å². The van der Waals surface area contributed by atoms with Gasteiger partial charge in [-0.05, 0) is 24.3 Å². The molecule has 1 aromatic rings. The highest BCUT2D eigenvalue weighted by atomic mass is 14.6. The van der Waals surface area contributed by atoms with E-state index in [2.05, 4.69) is 38.5 Å². The van der Waals surface area contributed by atoms with Crippen molar-refractivity contribution in [2.45, 2.75) is 18.6 Å². The van der Waals surface area contributed by atoms with Crippen molar-refractivity contribution in [1.29, 1.82) is 0 Å². The molecule has 1 heterocycles. The molecule has 0 aromatic heterocycles. The van der Waals surface area contributed by atoms with Crippen LogP contribution >= 0.6 is 0 Å². The van der Waals surface area contributed by atoms with Crippen LogP contribution in [0.25, 0.3) is 0 Å². The molecule has 12 heavy (non-hydrogen) atoms. The Balaban J connectivity index is 2.29. The van der Waals surface area contributed by atoms with Crippen LogP contribution in [0.1, 0.15) is 11.1 Å². The van der Waals surface area contributed by atoms with Crippen molar-refractivity contribution in [1.82, 2.24) is 0 Å². The van der Waals surface area contributed by atoms with E-state index in [-0.39, 0.29) is 5.31 Å². The minimum Gasteiger partial charge on any atom is -0.330 e. The predicted octanol–water partition coefficient (Wildman–Crippen LogP) is 1.29. The maximum atomic E-state index is 5.71. The summed E-state index contributed by atoms with van der Waals surface area (Å²) in [4.78, 5) is 0. The van der Waals surface area contributed by atoms with E-state index in [9.17, 15) is 0 Å². The molecule has 1 saturated heterocycles. The van der Waals surface area contributed by atoms with Crippen molar-refractivity contribution < 1.29 is 0 Å². The van der Waals surface area contributed by atoms with E-state index < -0.39 is 0 Å². The Labute approximate surface area is 74.2 Å². The van der Waals surface area contributed by atoms with Gasteiger partial charge < -0.3 is 5.73 Å². The van der Waals surface area contributed by atoms with E-state index in [4.69, 9.17) is 5.73 Å². The van der Waals surface area contributed by atoms with Gasteiger partial charge in [-0.2, -0.15) is 0 Å². The zero-order valence-electron chi connectivity index (χ0n) is 7.38. The van der Waals surface area contributed by atoms with E-state index in [0.29, 0.717) is 0 Å². The Hall–Kier alpha value is -0.755. The topological polar surface area (TPSA) is 26.0 Å². The van der Waals surface area contributed by atoms with Crippen molar-refractivity contribution in [3.05, 3.63) is 35.4 Å². The van der Waals surface area contributed by atoms with Gasteiger partial charge in [-0.3, -0.25) is 0 Å². The summed E-state index contributed by atoms with van der Waals surface area (Å²) in [6.07, 6.45) is 1.15. The van der Waals surface area contributed by atoms with Crippen LogP contribution < -0.4 is 5.73 Å². The Kier molecular flexibility index (Phi) is 1.73. The second-order valence-electron chi connectivity index (χ2n) is 3.63. The fourth-order valence-electron chi connectivity index (χ4n) is 1.53. The molecule has 1 radical (unpaired) electrons. The minimum atomic E-state index is 0.230. The standard InChI is InChI=1S/C10H13BN/c1-8-2-4-9(5-3-8)10(7-12)6-11-10/h2-5H,6-7,12H2,1H3. The van der Waals surface area contributed by atoms with E-state index in [0.717, 1.165) is 12.9 Å². The molecule has 0 aliphatic carbocycles. The highest BCUT2D eigenvalue weighted by molar-refractivity contribution is 6.54. The first-order valence-electron chi connectivity index (χ1n) is 4.38. The maximum absolute atomic E-state index is 5.71. The van der Waals surface area contributed by atoms with Gasteiger partial charge in [0.2, 0.25) is 0 Å². The largest absolute Gasteiger partial charge is 0.330 e. The summed E-state index contributed by atoms with van der Waals surface area (Å²) < 4.78 is 0. The quantitative estimate of drug-likeness (QED) is 0.644. The monoisotopic (exact) mass is 158 g/mol. The van der Waals surface area contributed by atoms with Gasteiger partial charge in [0.1, 0.15) is 7.28 Å². The van der Waals surface area contributed by atoms with Gasteiger partial charge in [0, 0.05) is 0 Å². The third kappa shape index (κ3) is 1.16. The van der Waals surface area contributed by atoms with Crippen molar-refractivity contribution in [3.63, 3.8) is 0 Å². The van der Waals surface area contributed by atoms with Crippen LogP contribution in [0, 0.1) is 6.92 Å². The number of hydrogen-bond donors (Lipinski definition) is 1.